The fourth-order valence-electron chi connectivity index (χ4n) is 2.87. The van der Waals surface area contributed by atoms with Gasteiger partial charge >= 0.3 is 0 Å². The van der Waals surface area contributed by atoms with Gasteiger partial charge in [0.05, 0.1) is 12.0 Å². The van der Waals surface area contributed by atoms with Crippen LogP contribution in [-0.2, 0) is 4.79 Å². The van der Waals surface area contributed by atoms with E-state index in [1.54, 1.807) is 0 Å². The average Bonchev–Trinajstić information content (AvgIpc) is 2.61. The van der Waals surface area contributed by atoms with Crippen molar-refractivity contribution < 1.29 is 4.79 Å². The van der Waals surface area contributed by atoms with Crippen LogP contribution in [0, 0.1) is 40.4 Å². The van der Waals surface area contributed by atoms with Crippen molar-refractivity contribution in [1.82, 2.24) is 0 Å². The second kappa shape index (κ2) is 2.35. The summed E-state index contributed by atoms with van der Waals surface area (Å²) in [5, 5.41) is 8.88. The summed E-state index contributed by atoms with van der Waals surface area (Å²) in [4.78, 5) is 11.8. The summed E-state index contributed by atoms with van der Waals surface area (Å²) in [7, 11) is 0. The van der Waals surface area contributed by atoms with Gasteiger partial charge in [-0.15, -0.1) is 0 Å². The van der Waals surface area contributed by atoms with Crippen LogP contribution in [0.1, 0.15) is 27.2 Å². The number of rotatable bonds is 0. The number of ketones is 1. The van der Waals surface area contributed by atoms with Crippen LogP contribution in [0.25, 0.3) is 0 Å². The summed E-state index contributed by atoms with van der Waals surface area (Å²) in [6.45, 7) is 6.19. The number of fused-ring (bicyclic) bond motifs is 1. The van der Waals surface area contributed by atoms with Gasteiger partial charge in [0, 0.05) is 11.8 Å². The number of hydrogen-bond acceptors (Lipinski definition) is 2. The molecule has 0 heterocycles. The lowest BCUT2D eigenvalue weighted by molar-refractivity contribution is -0.126. The Hall–Kier alpha value is -0.840. The zero-order valence-electron chi connectivity index (χ0n) is 8.37. The first-order chi connectivity index (χ1) is 6.00. The Kier molecular flexibility index (Phi) is 1.58. The van der Waals surface area contributed by atoms with E-state index in [1.807, 2.05) is 6.92 Å². The SMILES string of the molecule is C[C@@H]1C(=O)C2C(C[C@@H]1C#N)C2(C)C. The topological polar surface area (TPSA) is 40.9 Å². The van der Waals surface area contributed by atoms with Gasteiger partial charge in [-0.2, -0.15) is 5.26 Å². The summed E-state index contributed by atoms with van der Waals surface area (Å²) in [6.07, 6.45) is 0.932. The van der Waals surface area contributed by atoms with Crippen LogP contribution in [0.15, 0.2) is 0 Å². The lowest BCUT2D eigenvalue weighted by atomic mass is 9.80. The van der Waals surface area contributed by atoms with Gasteiger partial charge in [0.2, 0.25) is 0 Å². The summed E-state index contributed by atoms with van der Waals surface area (Å²) >= 11 is 0. The maximum absolute atomic E-state index is 11.8. The van der Waals surface area contributed by atoms with Gasteiger partial charge < -0.3 is 0 Å². The molecule has 2 fully saturated rings. The fourth-order valence-corrected chi connectivity index (χ4v) is 2.87. The van der Waals surface area contributed by atoms with E-state index >= 15 is 0 Å². The number of hydrogen-bond donors (Lipinski definition) is 0. The van der Waals surface area contributed by atoms with E-state index in [0.29, 0.717) is 11.7 Å². The molecule has 0 N–H and O–H groups in total. The highest BCUT2D eigenvalue weighted by Gasteiger charge is 2.65. The molecule has 0 spiro atoms. The normalized spacial score (nSPS) is 46.5. The summed E-state index contributed by atoms with van der Waals surface area (Å²) in [5.41, 5.74) is 0.178. The average molecular weight is 177 g/mol. The van der Waals surface area contributed by atoms with Crippen LogP contribution in [0.5, 0.6) is 0 Å². The quantitative estimate of drug-likeness (QED) is 0.568. The number of carbonyl (C=O) groups excluding carboxylic acids is 1. The van der Waals surface area contributed by atoms with Gasteiger partial charge in [0.25, 0.3) is 0 Å². The standard InChI is InChI=1S/C11H15NO/c1-6-7(5-12)4-8-9(10(6)13)11(8,2)3/h6-9H,4H2,1-3H3/t6-,7+,8?,9?/m0/s1. The van der Waals surface area contributed by atoms with Crippen molar-refractivity contribution in [1.29, 1.82) is 5.26 Å². The van der Waals surface area contributed by atoms with Crippen LogP contribution in [-0.4, -0.2) is 5.78 Å². The van der Waals surface area contributed by atoms with Crippen molar-refractivity contribution in [2.75, 3.05) is 0 Å². The third kappa shape index (κ3) is 0.964. The molecule has 0 aliphatic heterocycles. The third-order valence-electron chi connectivity index (χ3n) is 4.08. The number of nitriles is 1. The van der Waals surface area contributed by atoms with E-state index in [9.17, 15) is 4.79 Å². The largest absolute Gasteiger partial charge is 0.299 e. The molecule has 13 heavy (non-hydrogen) atoms. The van der Waals surface area contributed by atoms with Crippen molar-refractivity contribution in [3.8, 4) is 6.07 Å². The van der Waals surface area contributed by atoms with Crippen LogP contribution < -0.4 is 0 Å². The molecule has 2 rings (SSSR count). The van der Waals surface area contributed by atoms with Gasteiger partial charge in [-0.05, 0) is 17.8 Å². The van der Waals surface area contributed by atoms with E-state index in [0.717, 1.165) is 6.42 Å². The Balaban J connectivity index is 2.24. The zero-order chi connectivity index (χ0) is 9.80. The van der Waals surface area contributed by atoms with E-state index in [-0.39, 0.29) is 23.2 Å². The highest BCUT2D eigenvalue weighted by Crippen LogP contribution is 2.65. The monoisotopic (exact) mass is 177 g/mol. The maximum Gasteiger partial charge on any atom is 0.140 e. The maximum atomic E-state index is 11.8. The Bertz CT molecular complexity index is 300. The molecule has 2 heteroatoms. The molecule has 0 aromatic carbocycles. The van der Waals surface area contributed by atoms with E-state index in [4.69, 9.17) is 5.26 Å². The van der Waals surface area contributed by atoms with Gasteiger partial charge in [-0.1, -0.05) is 20.8 Å². The Morgan fingerprint density at radius 1 is 1.54 bits per heavy atom. The van der Waals surface area contributed by atoms with Crippen LogP contribution in [0.4, 0.5) is 0 Å². The van der Waals surface area contributed by atoms with Gasteiger partial charge in [-0.3, -0.25) is 4.79 Å². The molecule has 2 saturated carbocycles. The van der Waals surface area contributed by atoms with E-state index in [2.05, 4.69) is 19.9 Å². The molecule has 0 radical (unpaired) electrons. The smallest absolute Gasteiger partial charge is 0.140 e. The summed E-state index contributed by atoms with van der Waals surface area (Å²) in [5.74, 6) is 1.00. The van der Waals surface area contributed by atoms with Crippen molar-refractivity contribution >= 4 is 5.78 Å². The molecule has 0 saturated heterocycles. The second-order valence-electron chi connectivity index (χ2n) is 5.07. The Labute approximate surface area is 78.9 Å². The molecule has 2 aliphatic carbocycles. The lowest BCUT2D eigenvalue weighted by Gasteiger charge is -2.20. The molecule has 0 aromatic heterocycles. The summed E-state index contributed by atoms with van der Waals surface area (Å²) in [6, 6.07) is 2.26. The van der Waals surface area contributed by atoms with Crippen molar-refractivity contribution in [3.05, 3.63) is 0 Å². The first kappa shape index (κ1) is 8.74. The van der Waals surface area contributed by atoms with Crippen LogP contribution in [0.2, 0.25) is 0 Å². The molecule has 0 aromatic rings. The predicted molar refractivity (Wildman–Crippen MR) is 48.7 cm³/mol. The Morgan fingerprint density at radius 3 is 2.69 bits per heavy atom. The van der Waals surface area contributed by atoms with Gasteiger partial charge in [0.1, 0.15) is 5.78 Å². The van der Waals surface area contributed by atoms with Gasteiger partial charge in [0.15, 0.2) is 0 Å². The minimum absolute atomic E-state index is 0.0319. The van der Waals surface area contributed by atoms with Crippen molar-refractivity contribution in [3.63, 3.8) is 0 Å². The lowest BCUT2D eigenvalue weighted by Crippen LogP contribution is -2.27. The van der Waals surface area contributed by atoms with Crippen LogP contribution >= 0.6 is 0 Å². The molecule has 2 nitrogen and oxygen atoms in total. The van der Waals surface area contributed by atoms with Gasteiger partial charge in [-0.25, -0.2) is 0 Å². The molecule has 0 bridgehead atoms. The van der Waals surface area contributed by atoms with Crippen LogP contribution in [0.3, 0.4) is 0 Å². The fraction of sp³-hybridized carbons (Fsp3) is 0.818. The first-order valence-corrected chi connectivity index (χ1v) is 4.93. The number of Topliss-reactive ketones (excluding diaryl/α,β-unsaturated/α-hetero) is 1. The highest BCUT2D eigenvalue weighted by molar-refractivity contribution is 5.88. The number of carbonyl (C=O) groups is 1. The molecule has 70 valence electrons. The highest BCUT2D eigenvalue weighted by atomic mass is 16.1. The molecular formula is C11H15NO. The minimum Gasteiger partial charge on any atom is -0.299 e. The zero-order valence-corrected chi connectivity index (χ0v) is 8.37. The number of nitrogens with zero attached hydrogens (tertiary/aromatic N) is 1. The van der Waals surface area contributed by atoms with E-state index in [1.165, 1.54) is 0 Å². The molecule has 2 aliphatic rings. The minimum atomic E-state index is -0.0342. The predicted octanol–water partition coefficient (Wildman–Crippen LogP) is 2.01. The van der Waals surface area contributed by atoms with E-state index < -0.39 is 0 Å². The molecular weight excluding hydrogens is 162 g/mol. The molecule has 2 unspecified atom stereocenters. The summed E-state index contributed by atoms with van der Waals surface area (Å²) < 4.78 is 0. The van der Waals surface area contributed by atoms with Crippen molar-refractivity contribution in [2.24, 2.45) is 29.1 Å². The third-order valence-corrected chi connectivity index (χ3v) is 4.08. The Morgan fingerprint density at radius 2 is 2.15 bits per heavy atom. The second-order valence-corrected chi connectivity index (χ2v) is 5.07. The molecule has 4 atom stereocenters. The first-order valence-electron chi connectivity index (χ1n) is 4.93. The van der Waals surface area contributed by atoms with Crippen molar-refractivity contribution in [2.45, 2.75) is 27.2 Å². The molecule has 0 amide bonds.